The molecule has 3 aromatic heterocycles. The Balaban J connectivity index is 1.74. The van der Waals surface area contributed by atoms with Crippen molar-refractivity contribution in [3.8, 4) is 0 Å². The Morgan fingerprint density at radius 1 is 1.07 bits per heavy atom. The van der Waals surface area contributed by atoms with Crippen LogP contribution in [0.5, 0.6) is 0 Å². The SMILES string of the molecule is O=S(=O)(c1ccccc1)n1ccc2c1ncc1nc(CCO)n(C3CCCCC3)c12. The van der Waals surface area contributed by atoms with E-state index in [1.165, 1.54) is 23.2 Å². The molecule has 0 unspecified atom stereocenters. The molecule has 1 aromatic carbocycles. The normalized spacial score (nSPS) is 15.9. The van der Waals surface area contributed by atoms with E-state index < -0.39 is 10.0 Å². The van der Waals surface area contributed by atoms with Gasteiger partial charge in [0, 0.05) is 24.0 Å². The summed E-state index contributed by atoms with van der Waals surface area (Å²) in [7, 11) is -3.75. The smallest absolute Gasteiger partial charge is 0.269 e. The van der Waals surface area contributed by atoms with Crippen molar-refractivity contribution in [2.45, 2.75) is 49.5 Å². The minimum Gasteiger partial charge on any atom is -0.396 e. The first-order chi connectivity index (χ1) is 14.6. The molecule has 0 spiro atoms. The van der Waals surface area contributed by atoms with E-state index in [2.05, 4.69) is 9.55 Å². The van der Waals surface area contributed by atoms with Crippen molar-refractivity contribution in [2.24, 2.45) is 0 Å². The van der Waals surface area contributed by atoms with E-state index in [0.29, 0.717) is 18.1 Å². The van der Waals surface area contributed by atoms with Gasteiger partial charge in [-0.3, -0.25) is 0 Å². The number of fused-ring (bicyclic) bond motifs is 3. The number of benzene rings is 1. The first-order valence-corrected chi connectivity index (χ1v) is 11.8. The van der Waals surface area contributed by atoms with Crippen molar-refractivity contribution >= 4 is 32.1 Å². The summed E-state index contributed by atoms with van der Waals surface area (Å²) in [5.41, 5.74) is 2.06. The van der Waals surface area contributed by atoms with Crippen LogP contribution in [-0.2, 0) is 16.4 Å². The molecule has 4 aromatic rings. The van der Waals surface area contributed by atoms with Crippen molar-refractivity contribution in [1.82, 2.24) is 18.5 Å². The molecule has 0 atom stereocenters. The molecule has 1 aliphatic carbocycles. The van der Waals surface area contributed by atoms with E-state index in [4.69, 9.17) is 4.98 Å². The van der Waals surface area contributed by atoms with Crippen LogP contribution < -0.4 is 0 Å². The van der Waals surface area contributed by atoms with Crippen LogP contribution in [-0.4, -0.2) is 38.6 Å². The van der Waals surface area contributed by atoms with Crippen molar-refractivity contribution < 1.29 is 13.5 Å². The van der Waals surface area contributed by atoms with Gasteiger partial charge in [0.2, 0.25) is 0 Å². The van der Waals surface area contributed by atoms with Crippen LogP contribution in [0.4, 0.5) is 0 Å². The quantitative estimate of drug-likeness (QED) is 0.528. The van der Waals surface area contributed by atoms with Gasteiger partial charge in [0.1, 0.15) is 11.3 Å². The molecule has 1 aliphatic rings. The van der Waals surface area contributed by atoms with Crippen molar-refractivity contribution in [3.05, 3.63) is 54.6 Å². The predicted octanol–water partition coefficient (Wildman–Crippen LogP) is 3.66. The Morgan fingerprint density at radius 2 is 1.83 bits per heavy atom. The minimum atomic E-state index is -3.75. The maximum atomic E-state index is 13.2. The first kappa shape index (κ1) is 19.3. The highest BCUT2D eigenvalue weighted by molar-refractivity contribution is 7.90. The van der Waals surface area contributed by atoms with Gasteiger partial charge in [0.25, 0.3) is 10.0 Å². The highest BCUT2D eigenvalue weighted by Crippen LogP contribution is 2.35. The minimum absolute atomic E-state index is 0.0238. The lowest BCUT2D eigenvalue weighted by molar-refractivity contribution is 0.288. The number of rotatable bonds is 5. The Labute approximate surface area is 175 Å². The molecule has 1 N–H and O–H groups in total. The average molecular weight is 425 g/mol. The molecule has 8 heteroatoms. The number of imidazole rings is 1. The van der Waals surface area contributed by atoms with Crippen LogP contribution in [0.25, 0.3) is 22.1 Å². The van der Waals surface area contributed by atoms with Gasteiger partial charge in [-0.25, -0.2) is 22.4 Å². The highest BCUT2D eigenvalue weighted by Gasteiger charge is 2.25. The third-order valence-electron chi connectivity index (χ3n) is 5.98. The fourth-order valence-electron chi connectivity index (χ4n) is 4.60. The largest absolute Gasteiger partial charge is 0.396 e. The number of pyridine rings is 1. The lowest BCUT2D eigenvalue weighted by atomic mass is 9.95. The second-order valence-electron chi connectivity index (χ2n) is 7.82. The number of nitrogens with zero attached hydrogens (tertiary/aromatic N) is 4. The predicted molar refractivity (Wildman–Crippen MR) is 115 cm³/mol. The number of hydrogen-bond donors (Lipinski definition) is 1. The molecule has 30 heavy (non-hydrogen) atoms. The van der Waals surface area contributed by atoms with E-state index in [-0.39, 0.29) is 11.5 Å². The molecule has 0 amide bonds. The van der Waals surface area contributed by atoms with Gasteiger partial charge < -0.3 is 9.67 Å². The molecule has 0 radical (unpaired) electrons. The second kappa shape index (κ2) is 7.52. The topological polar surface area (TPSA) is 90.0 Å². The lowest BCUT2D eigenvalue weighted by Gasteiger charge is -2.25. The molecule has 0 aliphatic heterocycles. The van der Waals surface area contributed by atoms with E-state index in [1.807, 2.05) is 6.07 Å². The molecule has 1 fully saturated rings. The highest BCUT2D eigenvalue weighted by atomic mass is 32.2. The third kappa shape index (κ3) is 3.02. The van der Waals surface area contributed by atoms with Gasteiger partial charge in [-0.1, -0.05) is 37.5 Å². The van der Waals surface area contributed by atoms with Gasteiger partial charge in [-0.2, -0.15) is 0 Å². The third-order valence-corrected chi connectivity index (χ3v) is 7.66. The summed E-state index contributed by atoms with van der Waals surface area (Å²) in [6, 6.07) is 10.5. The Hall–Kier alpha value is -2.71. The summed E-state index contributed by atoms with van der Waals surface area (Å²) in [5.74, 6) is 0.840. The zero-order valence-corrected chi connectivity index (χ0v) is 17.4. The van der Waals surface area contributed by atoms with E-state index in [9.17, 15) is 13.5 Å². The summed E-state index contributed by atoms with van der Waals surface area (Å²) >= 11 is 0. The summed E-state index contributed by atoms with van der Waals surface area (Å²) < 4.78 is 29.9. The van der Waals surface area contributed by atoms with Crippen LogP contribution >= 0.6 is 0 Å². The van der Waals surface area contributed by atoms with Crippen LogP contribution in [0, 0.1) is 0 Å². The molecule has 1 saturated carbocycles. The molecule has 156 valence electrons. The van der Waals surface area contributed by atoms with Gasteiger partial charge >= 0.3 is 0 Å². The van der Waals surface area contributed by atoms with E-state index >= 15 is 0 Å². The standard InChI is InChI=1S/C22H24N4O3S/c27-14-12-20-24-19-15-23-22-18(21(19)26(20)16-7-3-1-4-8-16)11-13-25(22)30(28,29)17-9-5-2-6-10-17/h2,5-6,9-11,13,15-16,27H,1,3-4,7-8,12,14H2. The average Bonchev–Trinajstić information content (AvgIpc) is 3.36. The fourth-order valence-corrected chi connectivity index (χ4v) is 5.93. The van der Waals surface area contributed by atoms with Gasteiger partial charge in [0.05, 0.1) is 23.2 Å². The summed E-state index contributed by atoms with van der Waals surface area (Å²) in [6.45, 7) is 0.0238. The van der Waals surface area contributed by atoms with Gasteiger partial charge in [-0.15, -0.1) is 0 Å². The number of aliphatic hydroxyl groups is 1. The molecule has 0 saturated heterocycles. The van der Waals surface area contributed by atoms with Crippen LogP contribution in [0.3, 0.4) is 0 Å². The summed E-state index contributed by atoms with van der Waals surface area (Å²) in [6.07, 6.45) is 9.39. The van der Waals surface area contributed by atoms with Crippen LogP contribution in [0.15, 0.2) is 53.7 Å². The molecular weight excluding hydrogens is 400 g/mol. The maximum Gasteiger partial charge on any atom is 0.269 e. The molecule has 3 heterocycles. The lowest BCUT2D eigenvalue weighted by Crippen LogP contribution is -2.16. The Morgan fingerprint density at radius 3 is 2.57 bits per heavy atom. The maximum absolute atomic E-state index is 13.2. The number of aliphatic hydroxyl groups excluding tert-OH is 1. The van der Waals surface area contributed by atoms with Crippen molar-refractivity contribution in [1.29, 1.82) is 0 Å². The molecule has 0 bridgehead atoms. The first-order valence-electron chi connectivity index (χ1n) is 10.4. The summed E-state index contributed by atoms with van der Waals surface area (Å²) in [4.78, 5) is 9.43. The van der Waals surface area contributed by atoms with E-state index in [0.717, 1.165) is 35.1 Å². The van der Waals surface area contributed by atoms with Crippen molar-refractivity contribution in [3.63, 3.8) is 0 Å². The Bertz CT molecular complexity index is 1300. The van der Waals surface area contributed by atoms with Crippen LogP contribution in [0.2, 0.25) is 0 Å². The second-order valence-corrected chi connectivity index (χ2v) is 9.64. The fraction of sp³-hybridized carbons (Fsp3) is 0.364. The zero-order chi connectivity index (χ0) is 20.7. The monoisotopic (exact) mass is 424 g/mol. The van der Waals surface area contributed by atoms with Crippen LogP contribution in [0.1, 0.15) is 44.0 Å². The molecular formula is C22H24N4O3S. The van der Waals surface area contributed by atoms with Gasteiger partial charge in [0.15, 0.2) is 5.65 Å². The zero-order valence-electron chi connectivity index (χ0n) is 16.6. The molecule has 7 nitrogen and oxygen atoms in total. The summed E-state index contributed by atoms with van der Waals surface area (Å²) in [5, 5.41) is 10.3. The van der Waals surface area contributed by atoms with E-state index in [1.54, 1.807) is 42.7 Å². The van der Waals surface area contributed by atoms with Gasteiger partial charge in [-0.05, 0) is 31.0 Å². The Kier molecular flexibility index (Phi) is 4.83. The molecule has 5 rings (SSSR count). The number of hydrogen-bond acceptors (Lipinski definition) is 5. The van der Waals surface area contributed by atoms with Crippen molar-refractivity contribution in [2.75, 3.05) is 6.61 Å². The number of aromatic nitrogens is 4.